The number of hydrogen-bond acceptors (Lipinski definition) is 1. The Morgan fingerprint density at radius 2 is 0.662 bits per heavy atom. The molecule has 0 heterocycles. The Morgan fingerprint density at radius 1 is 0.243 bits per heavy atom. The highest BCUT2D eigenvalue weighted by Crippen LogP contribution is 2.56. The van der Waals surface area contributed by atoms with Crippen molar-refractivity contribution in [3.05, 3.63) is 307 Å². The van der Waals surface area contributed by atoms with Gasteiger partial charge in [-0.1, -0.05) is 243 Å². The summed E-state index contributed by atoms with van der Waals surface area (Å²) in [5, 5.41) is 14.7. The number of rotatable bonds is 7. The van der Waals surface area contributed by atoms with Crippen LogP contribution >= 0.6 is 0 Å². The largest absolute Gasteiger partial charge is 0.309 e. The van der Waals surface area contributed by atoms with Crippen LogP contribution in [0.3, 0.4) is 0 Å². The maximum absolute atomic E-state index is 2.45. The van der Waals surface area contributed by atoms with Crippen LogP contribution in [0.25, 0.3) is 98.0 Å². The maximum Gasteiger partial charge on any atom is 0.0713 e. The van der Waals surface area contributed by atoms with Gasteiger partial charge in [0.25, 0.3) is 0 Å². The second-order valence-electron chi connectivity index (χ2n) is 19.9. The average Bonchev–Trinajstić information content (AvgIpc) is 3.77. The molecule has 0 aromatic heterocycles. The molecular weight excluding hydrogens is 891 g/mol. The SMILES string of the molecule is c1ccc(C2(c3ccc(-c4c5ccccc5c(-c5ccc6cc(N(c7cccc8ccccc78)c7cccc8ccccc78)ccc6c5)c5cc6ccccc6cc45)cc3)c3ccccc3-c3ccccc32)cc1. The third kappa shape index (κ3) is 6.36. The smallest absolute Gasteiger partial charge is 0.0713 e. The number of anilines is 3. The van der Waals surface area contributed by atoms with E-state index in [1.54, 1.807) is 0 Å². The van der Waals surface area contributed by atoms with Crippen molar-refractivity contribution in [1.29, 1.82) is 0 Å². The first kappa shape index (κ1) is 42.2. The molecule has 0 bridgehead atoms. The number of nitrogens with zero attached hydrogens (tertiary/aromatic N) is 1. The summed E-state index contributed by atoms with van der Waals surface area (Å²) in [6.45, 7) is 0. The van der Waals surface area contributed by atoms with Crippen LogP contribution in [0, 0.1) is 0 Å². The fraction of sp³-hybridized carbons (Fsp3) is 0.0137. The number of benzene rings is 14. The highest BCUT2D eigenvalue weighted by atomic mass is 15.1. The van der Waals surface area contributed by atoms with Gasteiger partial charge < -0.3 is 4.90 Å². The van der Waals surface area contributed by atoms with Crippen LogP contribution in [0.2, 0.25) is 0 Å². The Morgan fingerprint density at radius 3 is 1.26 bits per heavy atom. The highest BCUT2D eigenvalue weighted by molar-refractivity contribution is 6.24. The third-order valence-electron chi connectivity index (χ3n) is 16.0. The Hall–Kier alpha value is -9.56. The third-order valence-corrected chi connectivity index (χ3v) is 16.0. The van der Waals surface area contributed by atoms with E-state index in [4.69, 9.17) is 0 Å². The molecule has 15 rings (SSSR count). The molecule has 1 aliphatic rings. The quantitative estimate of drug-likeness (QED) is 0.144. The number of hydrogen-bond donors (Lipinski definition) is 0. The van der Waals surface area contributed by atoms with E-state index in [9.17, 15) is 0 Å². The van der Waals surface area contributed by atoms with Gasteiger partial charge in [0.15, 0.2) is 0 Å². The van der Waals surface area contributed by atoms with E-state index in [-0.39, 0.29) is 0 Å². The van der Waals surface area contributed by atoms with E-state index in [1.807, 2.05) is 0 Å². The van der Waals surface area contributed by atoms with Crippen LogP contribution in [-0.4, -0.2) is 0 Å². The summed E-state index contributed by atoms with van der Waals surface area (Å²) < 4.78 is 0. The molecule has 0 unspecified atom stereocenters. The lowest BCUT2D eigenvalue weighted by Gasteiger charge is -2.34. The molecule has 0 atom stereocenters. The Bertz CT molecular complexity index is 4410. The zero-order chi connectivity index (χ0) is 48.7. The van der Waals surface area contributed by atoms with Crippen molar-refractivity contribution in [1.82, 2.24) is 0 Å². The predicted molar refractivity (Wildman–Crippen MR) is 314 cm³/mol. The van der Waals surface area contributed by atoms with Gasteiger partial charge in [0, 0.05) is 16.5 Å². The van der Waals surface area contributed by atoms with E-state index in [2.05, 4.69) is 290 Å². The molecule has 1 heteroatoms. The van der Waals surface area contributed by atoms with E-state index in [0.29, 0.717) is 0 Å². The van der Waals surface area contributed by atoms with Gasteiger partial charge in [-0.05, 0) is 152 Å². The van der Waals surface area contributed by atoms with E-state index < -0.39 is 5.41 Å². The van der Waals surface area contributed by atoms with Crippen molar-refractivity contribution in [3.63, 3.8) is 0 Å². The summed E-state index contributed by atoms with van der Waals surface area (Å²) in [5.74, 6) is 0. The zero-order valence-corrected chi connectivity index (χ0v) is 40.6. The van der Waals surface area contributed by atoms with Crippen molar-refractivity contribution in [2.45, 2.75) is 5.41 Å². The van der Waals surface area contributed by atoms with Crippen molar-refractivity contribution >= 4 is 81.7 Å². The molecule has 1 aliphatic carbocycles. The second kappa shape index (κ2) is 16.8. The van der Waals surface area contributed by atoms with Crippen LogP contribution in [0.4, 0.5) is 17.1 Å². The molecule has 0 fully saturated rings. The van der Waals surface area contributed by atoms with Crippen molar-refractivity contribution < 1.29 is 0 Å². The summed E-state index contributed by atoms with van der Waals surface area (Å²) >= 11 is 0. The lowest BCUT2D eigenvalue weighted by atomic mass is 9.67. The van der Waals surface area contributed by atoms with Crippen LogP contribution in [0.5, 0.6) is 0 Å². The predicted octanol–water partition coefficient (Wildman–Crippen LogP) is 19.8. The molecule has 0 saturated heterocycles. The van der Waals surface area contributed by atoms with Gasteiger partial charge in [0.05, 0.1) is 16.8 Å². The molecule has 0 N–H and O–H groups in total. The average molecular weight is 938 g/mol. The minimum Gasteiger partial charge on any atom is -0.309 e. The van der Waals surface area contributed by atoms with Crippen molar-refractivity contribution in [2.24, 2.45) is 0 Å². The standard InChI is InChI=1S/C73H47N/c1-2-24-56(25-3-1)73(67-32-14-12-28-61(67)62-29-13-15-33-68(62)73)57-41-38-50(39-42-57)71-63-30-10-11-31-64(63)72(66-47-52-21-5-4-20-51(52)46-65(66)71)55-37-36-54-45-58(43-40-53(54)44-55)74(69-34-16-22-48-18-6-8-26-59(48)69)70-35-17-23-49-19-7-9-27-60(49)70/h1-47H. The topological polar surface area (TPSA) is 3.24 Å². The fourth-order valence-electron chi connectivity index (χ4n) is 12.8. The van der Waals surface area contributed by atoms with Gasteiger partial charge in [-0.25, -0.2) is 0 Å². The highest BCUT2D eigenvalue weighted by Gasteiger charge is 2.45. The Kier molecular flexibility index (Phi) is 9.55. The molecule has 1 nitrogen and oxygen atoms in total. The van der Waals surface area contributed by atoms with Gasteiger partial charge in [0.2, 0.25) is 0 Å². The van der Waals surface area contributed by atoms with Gasteiger partial charge in [-0.2, -0.15) is 0 Å². The van der Waals surface area contributed by atoms with Gasteiger partial charge >= 0.3 is 0 Å². The summed E-state index contributed by atoms with van der Waals surface area (Å²) in [6.07, 6.45) is 0. The Labute approximate surface area is 430 Å². The first-order valence-electron chi connectivity index (χ1n) is 25.7. The molecule has 14 aromatic rings. The van der Waals surface area contributed by atoms with E-state index >= 15 is 0 Å². The first-order chi connectivity index (χ1) is 36.7. The van der Waals surface area contributed by atoms with E-state index in [1.165, 1.54) is 120 Å². The van der Waals surface area contributed by atoms with Gasteiger partial charge in [-0.3, -0.25) is 0 Å². The summed E-state index contributed by atoms with van der Waals surface area (Å²) in [4.78, 5) is 2.45. The normalized spacial score (nSPS) is 12.7. The van der Waals surface area contributed by atoms with E-state index in [0.717, 1.165) is 17.1 Å². The monoisotopic (exact) mass is 937 g/mol. The van der Waals surface area contributed by atoms with Crippen LogP contribution < -0.4 is 4.90 Å². The summed E-state index contributed by atoms with van der Waals surface area (Å²) in [6, 6.07) is 106. The molecule has 0 radical (unpaired) electrons. The molecule has 14 aromatic carbocycles. The zero-order valence-electron chi connectivity index (χ0n) is 40.6. The molecule has 0 aliphatic heterocycles. The molecular formula is C73H47N. The van der Waals surface area contributed by atoms with Crippen LogP contribution in [0.15, 0.2) is 285 Å². The Balaban J connectivity index is 0.909. The summed E-state index contributed by atoms with van der Waals surface area (Å²) in [5.41, 5.74) is 15.7. The molecule has 344 valence electrons. The summed E-state index contributed by atoms with van der Waals surface area (Å²) in [7, 11) is 0. The second-order valence-corrected chi connectivity index (χ2v) is 19.9. The molecule has 0 spiro atoms. The number of fused-ring (bicyclic) bond motifs is 9. The molecule has 74 heavy (non-hydrogen) atoms. The first-order valence-corrected chi connectivity index (χ1v) is 25.7. The van der Waals surface area contributed by atoms with Gasteiger partial charge in [-0.15, -0.1) is 0 Å². The van der Waals surface area contributed by atoms with Crippen LogP contribution in [-0.2, 0) is 5.41 Å². The lowest BCUT2D eigenvalue weighted by molar-refractivity contribution is 0.768. The molecule has 0 saturated carbocycles. The maximum atomic E-state index is 2.45. The van der Waals surface area contributed by atoms with Crippen molar-refractivity contribution in [2.75, 3.05) is 4.90 Å². The van der Waals surface area contributed by atoms with Gasteiger partial charge in [0.1, 0.15) is 0 Å². The minimum atomic E-state index is -0.460. The molecule has 0 amide bonds. The lowest BCUT2D eigenvalue weighted by Crippen LogP contribution is -2.28. The minimum absolute atomic E-state index is 0.460. The van der Waals surface area contributed by atoms with Crippen molar-refractivity contribution in [3.8, 4) is 33.4 Å². The fourth-order valence-corrected chi connectivity index (χ4v) is 12.8. The van der Waals surface area contributed by atoms with Crippen LogP contribution in [0.1, 0.15) is 22.3 Å².